The monoisotopic (exact) mass is 776 g/mol. The second-order valence-electron chi connectivity index (χ2n) is 13.2. The Morgan fingerprint density at radius 1 is 0.435 bits per heavy atom. The van der Waals surface area contributed by atoms with Gasteiger partial charge in [0.1, 0.15) is 38.3 Å². The van der Waals surface area contributed by atoms with Crippen LogP contribution < -0.4 is 0 Å². The number of rotatable bonds is 26. The third kappa shape index (κ3) is 33.2. The molecular weight excluding hydrogens is 713 g/mol. The molecule has 0 aromatic carbocycles. The highest BCUT2D eigenvalue weighted by atomic mass is 28.5. The molecule has 0 amide bonds. The summed E-state index contributed by atoms with van der Waals surface area (Å²) >= 11 is 0. The quantitative estimate of drug-likeness (QED) is 0.0408. The Morgan fingerprint density at radius 3 is 0.978 bits per heavy atom. The minimum Gasteiger partial charge on any atom is -0.437 e. The van der Waals surface area contributed by atoms with Gasteiger partial charge in [0.15, 0.2) is 16.6 Å². The van der Waals surface area contributed by atoms with Crippen LogP contribution in [0.25, 0.3) is 0 Å². The lowest BCUT2D eigenvalue weighted by atomic mass is 10.4. The molecule has 2 unspecified atom stereocenters. The van der Waals surface area contributed by atoms with Crippen LogP contribution in [0, 0.1) is 0 Å². The van der Waals surface area contributed by atoms with Crippen molar-refractivity contribution in [2.45, 2.75) is 91.5 Å². The van der Waals surface area contributed by atoms with Crippen LogP contribution >= 0.6 is 0 Å². The molecule has 0 fully saturated rings. The molecular formula is C24H64O16Si6. The van der Waals surface area contributed by atoms with Crippen molar-refractivity contribution in [3.63, 3.8) is 0 Å². The van der Waals surface area contributed by atoms with Crippen molar-refractivity contribution in [1.29, 1.82) is 0 Å². The molecule has 16 nitrogen and oxygen atoms in total. The average molecular weight is 777 g/mol. The Morgan fingerprint density at radius 2 is 0.717 bits per heavy atom. The highest BCUT2D eigenvalue weighted by Gasteiger charge is 2.45. The van der Waals surface area contributed by atoms with Gasteiger partial charge in [-0.3, -0.25) is 0 Å². The van der Waals surface area contributed by atoms with Crippen molar-refractivity contribution in [2.75, 3.05) is 65.7 Å². The normalized spacial score (nSPS) is 15.0. The lowest BCUT2D eigenvalue weighted by Crippen LogP contribution is -2.57. The largest absolute Gasteiger partial charge is 0.513 e. The summed E-state index contributed by atoms with van der Waals surface area (Å²) in [7, 11) is -16.9. The minimum absolute atomic E-state index is 0.0469. The van der Waals surface area contributed by atoms with Crippen molar-refractivity contribution in [3.8, 4) is 0 Å². The standard InChI is InChI=1S/2C12H32O8Si3/c2*1-7-16-10-17-8-12(13)9-18-11-23(14,15)20-22(5,6)19-21(2,3)4/h2*12-15H,7-11H2,1-6H3. The Hall–Kier alpha value is 0.661. The maximum Gasteiger partial charge on any atom is 0.513 e. The van der Waals surface area contributed by atoms with E-state index in [1.54, 1.807) is 26.2 Å². The van der Waals surface area contributed by atoms with E-state index in [4.69, 9.17) is 44.9 Å². The topological polar surface area (TPSA) is 214 Å². The Balaban J connectivity index is 0. The van der Waals surface area contributed by atoms with E-state index < -0.39 is 63.6 Å². The van der Waals surface area contributed by atoms with Crippen LogP contribution in [0.4, 0.5) is 0 Å². The van der Waals surface area contributed by atoms with Gasteiger partial charge in [-0.25, -0.2) is 0 Å². The van der Waals surface area contributed by atoms with Gasteiger partial charge in [0.25, 0.3) is 0 Å². The van der Waals surface area contributed by atoms with E-state index in [1.807, 2.05) is 53.1 Å². The van der Waals surface area contributed by atoms with Gasteiger partial charge in [-0.2, -0.15) is 0 Å². The van der Waals surface area contributed by atoms with Gasteiger partial charge in [-0.1, -0.05) is 0 Å². The molecule has 0 spiro atoms. The molecule has 0 aromatic rings. The summed E-state index contributed by atoms with van der Waals surface area (Å²) in [6.07, 6.45) is -2.46. The minimum atomic E-state index is -3.99. The van der Waals surface area contributed by atoms with Gasteiger partial charge in [0.2, 0.25) is 0 Å². The smallest absolute Gasteiger partial charge is 0.437 e. The zero-order valence-corrected chi connectivity index (χ0v) is 36.0. The number of aliphatic hydroxyl groups excluding tert-OH is 2. The van der Waals surface area contributed by atoms with E-state index in [0.717, 1.165) is 0 Å². The fourth-order valence-corrected chi connectivity index (χ4v) is 24.2. The van der Waals surface area contributed by atoms with Crippen molar-refractivity contribution in [2.24, 2.45) is 0 Å². The molecule has 0 saturated heterocycles. The molecule has 0 bridgehead atoms. The lowest BCUT2D eigenvalue weighted by molar-refractivity contribution is -0.0881. The predicted octanol–water partition coefficient (Wildman–Crippen LogP) is 0.814. The molecule has 0 saturated carbocycles. The molecule has 280 valence electrons. The fraction of sp³-hybridized carbons (Fsp3) is 1.00. The first-order chi connectivity index (χ1) is 20.7. The van der Waals surface area contributed by atoms with Crippen LogP contribution in [0.5, 0.6) is 0 Å². The molecule has 22 heteroatoms. The molecule has 0 radical (unpaired) electrons. The summed E-state index contributed by atoms with van der Waals surface area (Å²) in [6, 6.07) is 0. The maximum atomic E-state index is 9.99. The van der Waals surface area contributed by atoms with Crippen molar-refractivity contribution in [1.82, 2.24) is 0 Å². The fourth-order valence-electron chi connectivity index (χ4n) is 3.77. The van der Waals surface area contributed by atoms with E-state index in [1.165, 1.54) is 0 Å². The van der Waals surface area contributed by atoms with Crippen molar-refractivity contribution >= 4 is 51.4 Å². The van der Waals surface area contributed by atoms with Crippen molar-refractivity contribution < 1.29 is 74.3 Å². The lowest BCUT2D eigenvalue weighted by Gasteiger charge is -2.34. The van der Waals surface area contributed by atoms with Gasteiger partial charge < -0.3 is 74.3 Å². The third-order valence-electron chi connectivity index (χ3n) is 4.49. The Bertz CT molecular complexity index is 706. The summed E-state index contributed by atoms with van der Waals surface area (Å²) in [5.41, 5.74) is 0. The summed E-state index contributed by atoms with van der Waals surface area (Å²) in [5.74, 6) is 0. The number of hydrogen-bond acceptors (Lipinski definition) is 16. The Kier molecular flexibility index (Phi) is 24.6. The van der Waals surface area contributed by atoms with Crippen LogP contribution in [0.15, 0.2) is 0 Å². The summed E-state index contributed by atoms with van der Waals surface area (Å²) in [4.78, 5) is 40.0. The molecule has 0 rings (SSSR count). The van der Waals surface area contributed by atoms with E-state index in [-0.39, 0.29) is 52.5 Å². The maximum absolute atomic E-state index is 9.99. The zero-order valence-electron chi connectivity index (χ0n) is 30.0. The molecule has 46 heavy (non-hydrogen) atoms. The molecule has 0 aliphatic heterocycles. The number of ether oxygens (including phenoxy) is 6. The first-order valence-corrected chi connectivity index (χ1v) is 31.7. The second-order valence-corrected chi connectivity index (χ2v) is 34.1. The third-order valence-corrected chi connectivity index (χ3v) is 21.0. The first-order valence-electron chi connectivity index (χ1n) is 15.3. The van der Waals surface area contributed by atoms with E-state index in [2.05, 4.69) is 0 Å². The molecule has 6 N–H and O–H groups in total. The van der Waals surface area contributed by atoms with E-state index in [0.29, 0.717) is 13.2 Å². The highest BCUT2D eigenvalue weighted by molar-refractivity contribution is 6.85. The summed E-state index contributed by atoms with van der Waals surface area (Å²) < 4.78 is 53.0. The number of aliphatic hydroxyl groups is 2. The highest BCUT2D eigenvalue weighted by Crippen LogP contribution is 2.19. The molecule has 0 aliphatic rings. The molecule has 2 atom stereocenters. The molecule has 0 heterocycles. The van der Waals surface area contributed by atoms with E-state index >= 15 is 0 Å². The van der Waals surface area contributed by atoms with Crippen LogP contribution in [0.3, 0.4) is 0 Å². The zero-order chi connectivity index (χ0) is 36.3. The Labute approximate surface area is 282 Å². The summed E-state index contributed by atoms with van der Waals surface area (Å²) in [5, 5.41) is 19.3. The van der Waals surface area contributed by atoms with Gasteiger partial charge >= 0.3 is 34.7 Å². The number of hydrogen-bond donors (Lipinski definition) is 6. The average Bonchev–Trinajstić information content (AvgIpc) is 2.80. The van der Waals surface area contributed by atoms with Gasteiger partial charge in [-0.15, -0.1) is 0 Å². The van der Waals surface area contributed by atoms with Crippen molar-refractivity contribution in [3.05, 3.63) is 0 Å². The van der Waals surface area contributed by atoms with Gasteiger partial charge in [-0.05, 0) is 79.3 Å². The molecule has 0 aromatic heterocycles. The van der Waals surface area contributed by atoms with Crippen LogP contribution in [0.2, 0.25) is 65.5 Å². The van der Waals surface area contributed by atoms with Crippen LogP contribution in [0.1, 0.15) is 13.8 Å². The van der Waals surface area contributed by atoms with E-state index in [9.17, 15) is 29.4 Å². The second kappa shape index (κ2) is 23.2. The van der Waals surface area contributed by atoms with Gasteiger partial charge in [0, 0.05) is 13.2 Å². The van der Waals surface area contributed by atoms with Crippen LogP contribution in [-0.2, 0) is 44.9 Å². The molecule has 0 aliphatic carbocycles. The SMILES string of the molecule is CCOCOCC(O)COC[Si](O)(O)O[Si](C)(C)O[Si](C)(C)C.CCOCOCC(O)COC[Si](O)(O)O[Si](C)(C)O[Si](C)(C)C. The predicted molar refractivity (Wildman–Crippen MR) is 185 cm³/mol. The van der Waals surface area contributed by atoms with Crippen LogP contribution in [-0.4, -0.2) is 159 Å². The first kappa shape index (κ1) is 48.8. The summed E-state index contributed by atoms with van der Waals surface area (Å²) in [6.45, 7) is 24.0. The van der Waals surface area contributed by atoms with Gasteiger partial charge in [0.05, 0.1) is 26.4 Å².